The number of carboxylic acid groups (broad SMARTS) is 1. The van der Waals surface area contributed by atoms with Gasteiger partial charge in [0.25, 0.3) is 0 Å². The number of amides is 3. The summed E-state index contributed by atoms with van der Waals surface area (Å²) in [6.45, 7) is 11.4. The van der Waals surface area contributed by atoms with Gasteiger partial charge in [-0.25, -0.2) is 4.79 Å². The summed E-state index contributed by atoms with van der Waals surface area (Å²) in [5.74, 6) is -3.26. The largest absolute Gasteiger partial charge is 0.480 e. The maximum absolute atomic E-state index is 13.1. The first-order chi connectivity index (χ1) is 15.4. The second kappa shape index (κ2) is 15.6. The topological polar surface area (TPSA) is 177 Å². The SMILES string of the molecule is CCC(C)C(NC(=O)C(NC(=O)C(CCCCN)NC(=O)C(N)C(C)C)C(C)CC)C(=O)O. The Morgan fingerprint density at radius 3 is 1.76 bits per heavy atom. The van der Waals surface area contributed by atoms with E-state index in [2.05, 4.69) is 16.0 Å². The van der Waals surface area contributed by atoms with E-state index in [-0.39, 0.29) is 17.8 Å². The van der Waals surface area contributed by atoms with E-state index in [4.69, 9.17) is 11.5 Å². The zero-order valence-electron chi connectivity index (χ0n) is 21.0. The van der Waals surface area contributed by atoms with E-state index in [1.807, 2.05) is 27.7 Å². The Morgan fingerprint density at radius 2 is 1.30 bits per heavy atom. The third kappa shape index (κ3) is 10.5. The van der Waals surface area contributed by atoms with Crippen LogP contribution < -0.4 is 27.4 Å². The normalized spacial score (nSPS) is 16.8. The van der Waals surface area contributed by atoms with E-state index in [9.17, 15) is 24.3 Å². The molecular formula is C23H45N5O5. The second-order valence-corrected chi connectivity index (χ2v) is 9.20. The van der Waals surface area contributed by atoms with Crippen LogP contribution in [-0.4, -0.2) is 59.5 Å². The molecule has 0 rings (SSSR count). The zero-order chi connectivity index (χ0) is 25.7. The Kier molecular flexibility index (Phi) is 14.6. The quantitative estimate of drug-likeness (QED) is 0.180. The minimum Gasteiger partial charge on any atom is -0.480 e. The van der Waals surface area contributed by atoms with Gasteiger partial charge in [0.15, 0.2) is 0 Å². The Morgan fingerprint density at radius 1 is 0.788 bits per heavy atom. The number of nitrogens with two attached hydrogens (primary N) is 2. The van der Waals surface area contributed by atoms with E-state index in [0.717, 1.165) is 0 Å². The van der Waals surface area contributed by atoms with Crippen molar-refractivity contribution in [3.8, 4) is 0 Å². The number of carboxylic acids is 1. The number of carbonyl (C=O) groups is 4. The van der Waals surface area contributed by atoms with Gasteiger partial charge in [-0.1, -0.05) is 54.4 Å². The molecule has 0 heterocycles. The van der Waals surface area contributed by atoms with Crippen molar-refractivity contribution in [2.24, 2.45) is 29.2 Å². The molecule has 0 aliphatic rings. The van der Waals surface area contributed by atoms with Crippen molar-refractivity contribution >= 4 is 23.7 Å². The summed E-state index contributed by atoms with van der Waals surface area (Å²) in [5.41, 5.74) is 11.5. The van der Waals surface area contributed by atoms with Crippen molar-refractivity contribution < 1.29 is 24.3 Å². The summed E-state index contributed by atoms with van der Waals surface area (Å²) in [6, 6.07) is -3.65. The van der Waals surface area contributed by atoms with E-state index in [1.165, 1.54) is 0 Å². The first-order valence-electron chi connectivity index (χ1n) is 12.0. The highest BCUT2D eigenvalue weighted by molar-refractivity contribution is 5.94. The number of rotatable bonds is 16. The lowest BCUT2D eigenvalue weighted by Gasteiger charge is -2.29. The zero-order valence-corrected chi connectivity index (χ0v) is 21.0. The average molecular weight is 472 g/mol. The molecule has 6 unspecified atom stereocenters. The molecular weight excluding hydrogens is 426 g/mol. The molecule has 10 heteroatoms. The fourth-order valence-corrected chi connectivity index (χ4v) is 3.21. The molecule has 0 aliphatic carbocycles. The number of hydrogen-bond donors (Lipinski definition) is 6. The number of nitrogens with one attached hydrogen (secondary N) is 3. The van der Waals surface area contributed by atoms with Gasteiger partial charge < -0.3 is 32.5 Å². The Hall–Kier alpha value is -2.20. The molecule has 0 fully saturated rings. The van der Waals surface area contributed by atoms with Crippen molar-refractivity contribution in [3.05, 3.63) is 0 Å². The highest BCUT2D eigenvalue weighted by Gasteiger charge is 2.34. The lowest BCUT2D eigenvalue weighted by atomic mass is 9.95. The van der Waals surface area contributed by atoms with Gasteiger partial charge in [-0.15, -0.1) is 0 Å². The van der Waals surface area contributed by atoms with Gasteiger partial charge in [-0.3, -0.25) is 14.4 Å². The number of aliphatic carboxylic acids is 1. The van der Waals surface area contributed by atoms with E-state index < -0.39 is 47.9 Å². The van der Waals surface area contributed by atoms with Crippen LogP contribution in [0.25, 0.3) is 0 Å². The summed E-state index contributed by atoms with van der Waals surface area (Å²) >= 11 is 0. The summed E-state index contributed by atoms with van der Waals surface area (Å²) in [6.07, 6.45) is 2.80. The Balaban J connectivity index is 5.60. The van der Waals surface area contributed by atoms with Crippen molar-refractivity contribution in [3.63, 3.8) is 0 Å². The van der Waals surface area contributed by atoms with Gasteiger partial charge in [-0.2, -0.15) is 0 Å². The molecule has 0 aromatic rings. The smallest absolute Gasteiger partial charge is 0.326 e. The molecule has 0 radical (unpaired) electrons. The molecule has 0 aromatic heterocycles. The molecule has 0 saturated heterocycles. The Labute approximate surface area is 198 Å². The summed E-state index contributed by atoms with van der Waals surface area (Å²) in [4.78, 5) is 50.2. The number of carbonyl (C=O) groups excluding carboxylic acids is 3. The minimum atomic E-state index is -1.12. The van der Waals surface area contributed by atoms with E-state index >= 15 is 0 Å². The van der Waals surface area contributed by atoms with Crippen molar-refractivity contribution in [2.45, 2.75) is 97.8 Å². The van der Waals surface area contributed by atoms with E-state index in [1.54, 1.807) is 13.8 Å². The first kappa shape index (κ1) is 30.8. The van der Waals surface area contributed by atoms with Gasteiger partial charge in [0.2, 0.25) is 17.7 Å². The van der Waals surface area contributed by atoms with Crippen LogP contribution in [0, 0.1) is 17.8 Å². The summed E-state index contributed by atoms with van der Waals surface area (Å²) < 4.78 is 0. The van der Waals surface area contributed by atoms with Crippen molar-refractivity contribution in [1.29, 1.82) is 0 Å². The minimum absolute atomic E-state index is 0.107. The fourth-order valence-electron chi connectivity index (χ4n) is 3.21. The predicted molar refractivity (Wildman–Crippen MR) is 128 cm³/mol. The molecule has 0 spiro atoms. The monoisotopic (exact) mass is 471 g/mol. The molecule has 3 amide bonds. The van der Waals surface area contributed by atoms with Crippen LogP contribution in [0.2, 0.25) is 0 Å². The highest BCUT2D eigenvalue weighted by atomic mass is 16.4. The molecule has 0 saturated carbocycles. The van der Waals surface area contributed by atoms with Crippen LogP contribution >= 0.6 is 0 Å². The van der Waals surface area contributed by atoms with Gasteiger partial charge >= 0.3 is 5.97 Å². The average Bonchev–Trinajstić information content (AvgIpc) is 2.77. The molecule has 8 N–H and O–H groups in total. The standard InChI is InChI=1S/C23H45N5O5/c1-7-14(5)18(22(31)28-19(23(32)33)15(6)8-2)27-20(29)16(11-9-10-12-24)26-21(30)17(25)13(3)4/h13-19H,7-12,24-25H2,1-6H3,(H,26,30)(H,27,29)(H,28,31)(H,32,33). The van der Waals surface area contributed by atoms with Crippen molar-refractivity contribution in [1.82, 2.24) is 16.0 Å². The predicted octanol–water partition coefficient (Wildman–Crippen LogP) is 0.730. The lowest BCUT2D eigenvalue weighted by Crippen LogP contribution is -2.59. The molecule has 0 bridgehead atoms. The molecule has 10 nitrogen and oxygen atoms in total. The second-order valence-electron chi connectivity index (χ2n) is 9.20. The lowest BCUT2D eigenvalue weighted by molar-refractivity contribution is -0.144. The number of hydrogen-bond acceptors (Lipinski definition) is 6. The van der Waals surface area contributed by atoms with Crippen LogP contribution in [0.1, 0.15) is 73.6 Å². The maximum atomic E-state index is 13.1. The molecule has 6 atom stereocenters. The molecule has 0 aliphatic heterocycles. The molecule has 33 heavy (non-hydrogen) atoms. The van der Waals surface area contributed by atoms with Crippen LogP contribution in [0.5, 0.6) is 0 Å². The van der Waals surface area contributed by atoms with Crippen LogP contribution in [0.3, 0.4) is 0 Å². The number of unbranched alkanes of at least 4 members (excludes halogenated alkanes) is 1. The summed E-state index contributed by atoms with van der Waals surface area (Å²) in [5, 5.41) is 17.5. The molecule has 192 valence electrons. The first-order valence-corrected chi connectivity index (χ1v) is 12.0. The molecule has 0 aromatic carbocycles. The van der Waals surface area contributed by atoms with Crippen molar-refractivity contribution in [2.75, 3.05) is 6.54 Å². The van der Waals surface area contributed by atoms with Gasteiger partial charge in [0.1, 0.15) is 18.1 Å². The van der Waals surface area contributed by atoms with E-state index in [0.29, 0.717) is 38.6 Å². The van der Waals surface area contributed by atoms with Crippen LogP contribution in [0.4, 0.5) is 0 Å². The van der Waals surface area contributed by atoms with Crippen LogP contribution in [0.15, 0.2) is 0 Å². The maximum Gasteiger partial charge on any atom is 0.326 e. The summed E-state index contributed by atoms with van der Waals surface area (Å²) in [7, 11) is 0. The van der Waals surface area contributed by atoms with Gasteiger partial charge in [0.05, 0.1) is 6.04 Å². The fraction of sp³-hybridized carbons (Fsp3) is 0.826. The Bertz CT molecular complexity index is 643. The third-order valence-electron chi connectivity index (χ3n) is 6.17. The highest BCUT2D eigenvalue weighted by Crippen LogP contribution is 2.13. The van der Waals surface area contributed by atoms with Crippen LogP contribution in [-0.2, 0) is 19.2 Å². The van der Waals surface area contributed by atoms with Gasteiger partial charge in [-0.05, 0) is 43.6 Å². The van der Waals surface area contributed by atoms with Gasteiger partial charge in [0, 0.05) is 0 Å². The third-order valence-corrected chi connectivity index (χ3v) is 6.17.